The second-order valence-corrected chi connectivity index (χ2v) is 9.80. The van der Waals surface area contributed by atoms with Crippen molar-refractivity contribution in [3.63, 3.8) is 0 Å². The first-order valence-electron chi connectivity index (χ1n) is 10.6. The number of carbonyl (C=O) groups excluding carboxylic acids is 2. The zero-order valence-electron chi connectivity index (χ0n) is 19.2. The SMILES string of the molecule is CCc1csc([C@H](Cc2ccc(N)cc2)NC(=O)[C@@H](NC(=O)OC(C)(C)C)C(C)C)n1. The summed E-state index contributed by atoms with van der Waals surface area (Å²) in [6, 6.07) is 6.53. The number of anilines is 1. The Balaban J connectivity index is 2.20. The molecule has 0 unspecified atom stereocenters. The molecule has 170 valence electrons. The Kier molecular flexibility index (Phi) is 8.44. The highest BCUT2D eigenvalue weighted by molar-refractivity contribution is 7.09. The van der Waals surface area contributed by atoms with Crippen molar-refractivity contribution < 1.29 is 14.3 Å². The Morgan fingerprint density at radius 2 is 1.81 bits per heavy atom. The van der Waals surface area contributed by atoms with Gasteiger partial charge in [0.15, 0.2) is 0 Å². The topological polar surface area (TPSA) is 106 Å². The Labute approximate surface area is 188 Å². The molecule has 2 amide bonds. The average Bonchev–Trinajstić information content (AvgIpc) is 3.15. The number of ether oxygens (including phenoxy) is 1. The predicted molar refractivity (Wildman–Crippen MR) is 125 cm³/mol. The number of nitrogens with two attached hydrogens (primary N) is 1. The maximum atomic E-state index is 13.2. The van der Waals surface area contributed by atoms with Gasteiger partial charge in [-0.05, 0) is 57.2 Å². The quantitative estimate of drug-likeness (QED) is 0.526. The van der Waals surface area contributed by atoms with Gasteiger partial charge in [-0.2, -0.15) is 0 Å². The van der Waals surface area contributed by atoms with Crippen LogP contribution in [0.5, 0.6) is 0 Å². The van der Waals surface area contributed by atoms with E-state index < -0.39 is 17.7 Å². The molecule has 0 radical (unpaired) electrons. The summed E-state index contributed by atoms with van der Waals surface area (Å²) in [7, 11) is 0. The van der Waals surface area contributed by atoms with E-state index in [4.69, 9.17) is 10.5 Å². The van der Waals surface area contributed by atoms with E-state index in [1.54, 1.807) is 20.8 Å². The van der Waals surface area contributed by atoms with Crippen molar-refractivity contribution in [2.45, 2.75) is 72.1 Å². The number of rotatable bonds is 8. The second-order valence-electron chi connectivity index (χ2n) is 8.91. The fourth-order valence-electron chi connectivity index (χ4n) is 2.97. The third-order valence-electron chi connectivity index (χ3n) is 4.59. The van der Waals surface area contributed by atoms with Crippen LogP contribution in [0.15, 0.2) is 29.6 Å². The lowest BCUT2D eigenvalue weighted by atomic mass is 10.0. The zero-order chi connectivity index (χ0) is 23.2. The van der Waals surface area contributed by atoms with Crippen molar-refractivity contribution in [3.05, 3.63) is 45.9 Å². The van der Waals surface area contributed by atoms with Crippen LogP contribution in [-0.4, -0.2) is 28.6 Å². The predicted octanol–water partition coefficient (Wildman–Crippen LogP) is 4.24. The standard InChI is InChI=1S/C23H34N4O3S/c1-7-17-13-31-21(25-17)18(12-15-8-10-16(24)11-9-15)26-20(28)19(14(2)3)27-22(29)30-23(4,5)6/h8-11,13-14,18-19H,7,12,24H2,1-6H3,(H,26,28)(H,27,29)/t18-,19-/m0/s1. The third-order valence-corrected chi connectivity index (χ3v) is 5.59. The summed E-state index contributed by atoms with van der Waals surface area (Å²) in [5.41, 5.74) is 7.87. The van der Waals surface area contributed by atoms with Crippen LogP contribution in [0, 0.1) is 5.92 Å². The minimum absolute atomic E-state index is 0.118. The van der Waals surface area contributed by atoms with Crippen LogP contribution in [0.25, 0.3) is 0 Å². The molecular weight excluding hydrogens is 412 g/mol. The molecule has 0 bridgehead atoms. The van der Waals surface area contributed by atoms with E-state index in [0.717, 1.165) is 22.7 Å². The number of alkyl carbamates (subject to hydrolysis) is 1. The molecule has 7 nitrogen and oxygen atoms in total. The molecule has 1 aromatic heterocycles. The zero-order valence-corrected chi connectivity index (χ0v) is 20.0. The van der Waals surface area contributed by atoms with Gasteiger partial charge in [0, 0.05) is 11.1 Å². The molecule has 0 aliphatic rings. The number of hydrogen-bond donors (Lipinski definition) is 3. The maximum Gasteiger partial charge on any atom is 0.408 e. The number of nitrogen functional groups attached to an aromatic ring is 1. The van der Waals surface area contributed by atoms with Gasteiger partial charge in [-0.25, -0.2) is 9.78 Å². The molecular formula is C23H34N4O3S. The van der Waals surface area contributed by atoms with E-state index in [1.807, 2.05) is 50.4 Å². The van der Waals surface area contributed by atoms with Gasteiger partial charge in [0.25, 0.3) is 0 Å². The van der Waals surface area contributed by atoms with Gasteiger partial charge in [0.05, 0.1) is 11.7 Å². The highest BCUT2D eigenvalue weighted by atomic mass is 32.1. The number of aryl methyl sites for hydroxylation is 1. The summed E-state index contributed by atoms with van der Waals surface area (Å²) >= 11 is 1.53. The molecule has 0 spiro atoms. The molecule has 2 atom stereocenters. The van der Waals surface area contributed by atoms with E-state index >= 15 is 0 Å². The molecule has 0 fully saturated rings. The normalized spacial score (nSPS) is 13.5. The fraction of sp³-hybridized carbons (Fsp3) is 0.522. The summed E-state index contributed by atoms with van der Waals surface area (Å²) in [5, 5.41) is 8.65. The number of aromatic nitrogens is 1. The molecule has 0 aliphatic carbocycles. The summed E-state index contributed by atoms with van der Waals surface area (Å²) in [6.07, 6.45) is 0.785. The van der Waals surface area contributed by atoms with Gasteiger partial charge in [-0.15, -0.1) is 11.3 Å². The van der Waals surface area contributed by atoms with Gasteiger partial charge in [0.2, 0.25) is 5.91 Å². The van der Waals surface area contributed by atoms with Gasteiger partial charge in [0.1, 0.15) is 16.7 Å². The smallest absolute Gasteiger partial charge is 0.408 e. The number of carbonyl (C=O) groups is 2. The first kappa shape index (κ1) is 24.7. The van der Waals surface area contributed by atoms with Gasteiger partial charge >= 0.3 is 6.09 Å². The summed E-state index contributed by atoms with van der Waals surface area (Å²) < 4.78 is 5.33. The van der Waals surface area contributed by atoms with Crippen molar-refractivity contribution in [1.82, 2.24) is 15.6 Å². The van der Waals surface area contributed by atoms with Crippen LogP contribution in [-0.2, 0) is 22.4 Å². The first-order chi connectivity index (χ1) is 14.5. The van der Waals surface area contributed by atoms with Crippen LogP contribution in [0.4, 0.5) is 10.5 Å². The van der Waals surface area contributed by atoms with Crippen LogP contribution < -0.4 is 16.4 Å². The van der Waals surface area contributed by atoms with Gasteiger partial charge < -0.3 is 21.1 Å². The Morgan fingerprint density at radius 3 is 2.32 bits per heavy atom. The second kappa shape index (κ2) is 10.6. The van der Waals surface area contributed by atoms with Crippen LogP contribution in [0.2, 0.25) is 0 Å². The van der Waals surface area contributed by atoms with Crippen molar-refractivity contribution in [1.29, 1.82) is 0 Å². The Bertz CT molecular complexity index is 872. The number of hydrogen-bond acceptors (Lipinski definition) is 6. The number of benzene rings is 1. The highest BCUT2D eigenvalue weighted by Gasteiger charge is 2.29. The molecule has 1 aromatic carbocycles. The summed E-state index contributed by atoms with van der Waals surface area (Å²) in [4.78, 5) is 30.1. The largest absolute Gasteiger partial charge is 0.444 e. The molecule has 0 aliphatic heterocycles. The maximum absolute atomic E-state index is 13.2. The highest BCUT2D eigenvalue weighted by Crippen LogP contribution is 2.24. The monoisotopic (exact) mass is 446 g/mol. The minimum atomic E-state index is -0.727. The molecule has 4 N–H and O–H groups in total. The average molecular weight is 447 g/mol. The number of nitrogens with zero attached hydrogens (tertiary/aromatic N) is 1. The van der Waals surface area contributed by atoms with E-state index in [-0.39, 0.29) is 17.9 Å². The van der Waals surface area contributed by atoms with E-state index in [1.165, 1.54) is 11.3 Å². The van der Waals surface area contributed by atoms with Gasteiger partial charge in [-0.3, -0.25) is 4.79 Å². The van der Waals surface area contributed by atoms with E-state index in [9.17, 15) is 9.59 Å². The third kappa shape index (κ3) is 7.86. The minimum Gasteiger partial charge on any atom is -0.444 e. The molecule has 31 heavy (non-hydrogen) atoms. The molecule has 0 saturated carbocycles. The van der Waals surface area contributed by atoms with Crippen molar-refractivity contribution in [2.75, 3.05) is 5.73 Å². The summed E-state index contributed by atoms with van der Waals surface area (Å²) in [6.45, 7) is 11.2. The van der Waals surface area contributed by atoms with E-state index in [0.29, 0.717) is 12.1 Å². The fourth-order valence-corrected chi connectivity index (χ4v) is 3.92. The lowest BCUT2D eigenvalue weighted by Crippen LogP contribution is -2.51. The Hall–Kier alpha value is -2.61. The number of thiazole rings is 1. The van der Waals surface area contributed by atoms with Crippen molar-refractivity contribution in [3.8, 4) is 0 Å². The van der Waals surface area contributed by atoms with Crippen LogP contribution in [0.1, 0.15) is 63.8 Å². The first-order valence-corrected chi connectivity index (χ1v) is 11.4. The number of nitrogens with one attached hydrogen (secondary N) is 2. The van der Waals surface area contributed by atoms with Crippen molar-refractivity contribution in [2.24, 2.45) is 5.92 Å². The molecule has 0 saturated heterocycles. The summed E-state index contributed by atoms with van der Waals surface area (Å²) in [5.74, 6) is -0.387. The lowest BCUT2D eigenvalue weighted by molar-refractivity contribution is -0.125. The Morgan fingerprint density at radius 1 is 1.16 bits per heavy atom. The van der Waals surface area contributed by atoms with Gasteiger partial charge in [-0.1, -0.05) is 32.9 Å². The molecule has 8 heteroatoms. The van der Waals surface area contributed by atoms with Crippen LogP contribution in [0.3, 0.4) is 0 Å². The molecule has 2 rings (SSSR count). The lowest BCUT2D eigenvalue weighted by Gasteiger charge is -2.27. The number of amides is 2. The molecule has 1 heterocycles. The van der Waals surface area contributed by atoms with Crippen LogP contribution >= 0.6 is 11.3 Å². The molecule has 2 aromatic rings. The van der Waals surface area contributed by atoms with Crippen molar-refractivity contribution >= 4 is 29.0 Å². The van der Waals surface area contributed by atoms with E-state index in [2.05, 4.69) is 15.6 Å².